The van der Waals surface area contributed by atoms with Crippen molar-refractivity contribution in [3.05, 3.63) is 0 Å². The number of carbonyl (C=O) groups is 3. The van der Waals surface area contributed by atoms with Gasteiger partial charge >= 0.3 is 12.1 Å². The lowest BCUT2D eigenvalue weighted by atomic mass is 10.2. The number of carboxylic acid groups (broad SMARTS) is 1. The zero-order chi connectivity index (χ0) is 14.3. The van der Waals surface area contributed by atoms with Crippen LogP contribution in [0.1, 0.15) is 20.8 Å². The average molecular weight is 278 g/mol. The average Bonchev–Trinajstić information content (AvgIpc) is 2.20. The number of nitrogens with one attached hydrogen (secondary N) is 2. The normalized spacial score (nSPS) is 12.4. The molecule has 0 aromatic rings. The van der Waals surface area contributed by atoms with E-state index in [4.69, 9.17) is 9.84 Å². The minimum atomic E-state index is -1.13. The standard InChI is InChI=1S/C10H19N2O5P/c1-10(2,3)17-9(16)11-4-7(13)12-6(5-18)8(14)15/h6H,4-5,18H2,1-3H3,(H,11,16)(H,12,13)(H,14,15)/t6-/m0/s1. The molecule has 0 aliphatic heterocycles. The second kappa shape index (κ2) is 7.16. The molecule has 8 heteroatoms. The second-order valence-electron chi connectivity index (χ2n) is 4.55. The van der Waals surface area contributed by atoms with Crippen molar-refractivity contribution < 1.29 is 24.2 Å². The molecule has 1 unspecified atom stereocenters. The molecule has 7 nitrogen and oxygen atoms in total. The van der Waals surface area contributed by atoms with E-state index in [1.807, 2.05) is 0 Å². The molecule has 0 fully saturated rings. The van der Waals surface area contributed by atoms with E-state index in [-0.39, 0.29) is 12.7 Å². The smallest absolute Gasteiger partial charge is 0.408 e. The van der Waals surface area contributed by atoms with E-state index in [9.17, 15) is 14.4 Å². The third-order valence-electron chi connectivity index (χ3n) is 1.66. The Bertz CT molecular complexity index is 327. The fraction of sp³-hybridized carbons (Fsp3) is 0.700. The van der Waals surface area contributed by atoms with Gasteiger partial charge in [-0.25, -0.2) is 9.59 Å². The van der Waals surface area contributed by atoms with Crippen molar-refractivity contribution in [2.24, 2.45) is 0 Å². The molecule has 2 atom stereocenters. The molecule has 0 aromatic carbocycles. The summed E-state index contributed by atoms with van der Waals surface area (Å²) < 4.78 is 4.92. The van der Waals surface area contributed by atoms with Crippen molar-refractivity contribution in [2.75, 3.05) is 12.7 Å². The Morgan fingerprint density at radius 2 is 1.89 bits per heavy atom. The van der Waals surface area contributed by atoms with Gasteiger partial charge in [-0.15, -0.1) is 9.24 Å². The van der Waals surface area contributed by atoms with Crippen molar-refractivity contribution in [1.29, 1.82) is 0 Å². The van der Waals surface area contributed by atoms with Gasteiger partial charge in [0.2, 0.25) is 5.91 Å². The van der Waals surface area contributed by atoms with Gasteiger partial charge in [0.1, 0.15) is 18.2 Å². The molecule has 3 N–H and O–H groups in total. The van der Waals surface area contributed by atoms with Crippen LogP contribution in [0.15, 0.2) is 0 Å². The highest BCUT2D eigenvalue weighted by Crippen LogP contribution is 2.06. The molecule has 0 saturated carbocycles. The van der Waals surface area contributed by atoms with Crippen molar-refractivity contribution in [3.8, 4) is 0 Å². The fourth-order valence-electron chi connectivity index (χ4n) is 0.933. The molecule has 0 rings (SSSR count). The monoisotopic (exact) mass is 278 g/mol. The van der Waals surface area contributed by atoms with Gasteiger partial charge in [0.15, 0.2) is 0 Å². The molecule has 0 aliphatic rings. The number of ether oxygens (including phenoxy) is 1. The number of hydrogen-bond donors (Lipinski definition) is 3. The van der Waals surface area contributed by atoms with Gasteiger partial charge in [-0.2, -0.15) is 0 Å². The van der Waals surface area contributed by atoms with Crippen LogP contribution in [0.5, 0.6) is 0 Å². The maximum absolute atomic E-state index is 11.3. The van der Waals surface area contributed by atoms with Gasteiger partial charge in [-0.3, -0.25) is 4.79 Å². The van der Waals surface area contributed by atoms with Crippen LogP contribution < -0.4 is 10.6 Å². The quantitative estimate of drug-likeness (QED) is 0.612. The van der Waals surface area contributed by atoms with Crippen LogP contribution in [0.2, 0.25) is 0 Å². The minimum absolute atomic E-state index is 0.188. The van der Waals surface area contributed by atoms with Gasteiger partial charge in [0.25, 0.3) is 0 Å². The SMILES string of the molecule is CC(C)(C)OC(=O)NCC(=O)N[C@@H](CP)C(=O)O. The molecule has 0 aromatic heterocycles. The first-order valence-corrected chi connectivity index (χ1v) is 6.16. The molecule has 18 heavy (non-hydrogen) atoms. The highest BCUT2D eigenvalue weighted by molar-refractivity contribution is 7.16. The Morgan fingerprint density at radius 1 is 1.33 bits per heavy atom. The number of rotatable bonds is 5. The largest absolute Gasteiger partial charge is 0.480 e. The van der Waals surface area contributed by atoms with Crippen LogP contribution in [0.4, 0.5) is 4.79 Å². The number of alkyl carbamates (subject to hydrolysis) is 1. The van der Waals surface area contributed by atoms with Gasteiger partial charge < -0.3 is 20.5 Å². The Balaban J connectivity index is 4.04. The fourth-order valence-corrected chi connectivity index (χ4v) is 1.25. The van der Waals surface area contributed by atoms with E-state index < -0.39 is 29.6 Å². The van der Waals surface area contributed by atoms with E-state index in [0.29, 0.717) is 0 Å². The van der Waals surface area contributed by atoms with Gasteiger partial charge in [-0.1, -0.05) is 0 Å². The second-order valence-corrected chi connectivity index (χ2v) is 5.02. The molecule has 0 radical (unpaired) electrons. The molecular formula is C10H19N2O5P. The van der Waals surface area contributed by atoms with E-state index in [1.165, 1.54) is 0 Å². The lowest BCUT2D eigenvalue weighted by Crippen LogP contribution is -2.47. The number of carbonyl (C=O) groups excluding carboxylic acids is 2. The molecule has 0 aliphatic carbocycles. The molecule has 104 valence electrons. The topological polar surface area (TPSA) is 105 Å². The van der Waals surface area contributed by atoms with Crippen molar-refractivity contribution in [2.45, 2.75) is 32.4 Å². The van der Waals surface area contributed by atoms with Gasteiger partial charge in [0, 0.05) is 0 Å². The van der Waals surface area contributed by atoms with Crippen LogP contribution in [0, 0.1) is 0 Å². The minimum Gasteiger partial charge on any atom is -0.480 e. The Morgan fingerprint density at radius 3 is 2.28 bits per heavy atom. The van der Waals surface area contributed by atoms with E-state index in [0.717, 1.165) is 0 Å². The van der Waals surface area contributed by atoms with Crippen molar-refractivity contribution in [1.82, 2.24) is 10.6 Å². The summed E-state index contributed by atoms with van der Waals surface area (Å²) in [7, 11) is 2.22. The lowest BCUT2D eigenvalue weighted by molar-refractivity contribution is -0.140. The molecule has 0 spiro atoms. The predicted molar refractivity (Wildman–Crippen MR) is 68.4 cm³/mol. The number of carboxylic acids is 1. The van der Waals surface area contributed by atoms with Gasteiger partial charge in [0.05, 0.1) is 0 Å². The van der Waals surface area contributed by atoms with Crippen LogP contribution in [0.25, 0.3) is 0 Å². The first kappa shape index (κ1) is 16.6. The third-order valence-corrected chi connectivity index (χ3v) is 2.13. The zero-order valence-electron chi connectivity index (χ0n) is 10.6. The highest BCUT2D eigenvalue weighted by atomic mass is 31.0. The highest BCUT2D eigenvalue weighted by Gasteiger charge is 2.19. The first-order valence-electron chi connectivity index (χ1n) is 5.35. The Labute approximate surface area is 108 Å². The van der Waals surface area contributed by atoms with Crippen LogP contribution in [-0.2, 0) is 14.3 Å². The Hall–Kier alpha value is -1.36. The summed E-state index contributed by atoms with van der Waals surface area (Å²) in [6, 6.07) is -0.983. The van der Waals surface area contributed by atoms with E-state index in [2.05, 4.69) is 19.9 Å². The number of aliphatic carboxylic acids is 1. The summed E-state index contributed by atoms with van der Waals surface area (Å²) in [5.41, 5.74) is -0.649. The summed E-state index contributed by atoms with van der Waals surface area (Å²) in [5.74, 6) is -1.72. The predicted octanol–water partition coefficient (Wildman–Crippen LogP) is -0.0444. The first-order chi connectivity index (χ1) is 8.15. The molecule has 0 bridgehead atoms. The van der Waals surface area contributed by atoms with Crippen LogP contribution in [0.3, 0.4) is 0 Å². The summed E-state index contributed by atoms with van der Waals surface area (Å²) in [4.78, 5) is 33.2. The summed E-state index contributed by atoms with van der Waals surface area (Å²) in [6.07, 6.45) is -0.538. The summed E-state index contributed by atoms with van der Waals surface area (Å²) in [6.45, 7) is 4.76. The molecule has 0 saturated heterocycles. The zero-order valence-corrected chi connectivity index (χ0v) is 11.8. The molecular weight excluding hydrogens is 259 g/mol. The van der Waals surface area contributed by atoms with E-state index in [1.54, 1.807) is 20.8 Å². The van der Waals surface area contributed by atoms with Crippen molar-refractivity contribution in [3.63, 3.8) is 0 Å². The Kier molecular flexibility index (Phi) is 6.62. The van der Waals surface area contributed by atoms with E-state index >= 15 is 0 Å². The maximum atomic E-state index is 11.3. The van der Waals surface area contributed by atoms with Crippen molar-refractivity contribution >= 4 is 27.2 Å². The summed E-state index contributed by atoms with van der Waals surface area (Å²) in [5, 5.41) is 13.2. The van der Waals surface area contributed by atoms with Crippen LogP contribution in [-0.4, -0.2) is 47.4 Å². The summed E-state index contributed by atoms with van der Waals surface area (Å²) >= 11 is 0. The third kappa shape index (κ3) is 7.84. The van der Waals surface area contributed by atoms with Gasteiger partial charge in [-0.05, 0) is 26.9 Å². The molecule has 0 heterocycles. The number of hydrogen-bond acceptors (Lipinski definition) is 4. The molecule has 2 amide bonds. The van der Waals surface area contributed by atoms with Crippen LogP contribution >= 0.6 is 9.24 Å². The lowest BCUT2D eigenvalue weighted by Gasteiger charge is -2.19. The maximum Gasteiger partial charge on any atom is 0.408 e. The number of amides is 2.